The first kappa shape index (κ1) is 12.3. The van der Waals surface area contributed by atoms with Crippen LogP contribution in [-0.4, -0.2) is 28.0 Å². The zero-order valence-corrected chi connectivity index (χ0v) is 11.5. The van der Waals surface area contributed by atoms with Crippen molar-refractivity contribution < 1.29 is 0 Å². The predicted octanol–water partition coefficient (Wildman–Crippen LogP) is 2.86. The van der Waals surface area contributed by atoms with Gasteiger partial charge in [0.1, 0.15) is 5.01 Å². The number of aryl methyl sites for hydroxylation is 1. The molecule has 1 heterocycles. The van der Waals surface area contributed by atoms with Crippen LogP contribution in [0.4, 0.5) is 0 Å². The van der Waals surface area contributed by atoms with Gasteiger partial charge in [-0.15, -0.1) is 10.2 Å². The van der Waals surface area contributed by atoms with Crippen molar-refractivity contribution in [1.82, 2.24) is 15.5 Å². The summed E-state index contributed by atoms with van der Waals surface area (Å²) in [7, 11) is 0. The van der Waals surface area contributed by atoms with Gasteiger partial charge in [0.05, 0.1) is 0 Å². The number of nitrogens with one attached hydrogen (secondary N) is 1. The quantitative estimate of drug-likeness (QED) is 0.823. The fourth-order valence-electron chi connectivity index (χ4n) is 2.00. The Balaban J connectivity index is 1.69. The molecule has 0 radical (unpaired) electrons. The van der Waals surface area contributed by atoms with Crippen LogP contribution in [0, 0.1) is 6.92 Å². The molecule has 16 heavy (non-hydrogen) atoms. The van der Waals surface area contributed by atoms with Gasteiger partial charge in [0, 0.05) is 17.8 Å². The highest BCUT2D eigenvalue weighted by Gasteiger charge is 2.16. The Morgan fingerprint density at radius 2 is 2.19 bits per heavy atom. The molecule has 90 valence electrons. The van der Waals surface area contributed by atoms with Gasteiger partial charge in [-0.3, -0.25) is 0 Å². The lowest BCUT2D eigenvalue weighted by Gasteiger charge is -2.15. The second kappa shape index (κ2) is 5.98. The number of rotatable bonds is 5. The highest BCUT2D eigenvalue weighted by Crippen LogP contribution is 2.26. The van der Waals surface area contributed by atoms with E-state index in [9.17, 15) is 0 Å². The summed E-state index contributed by atoms with van der Waals surface area (Å²) in [5.74, 6) is 0. The zero-order valence-electron chi connectivity index (χ0n) is 9.90. The minimum atomic E-state index is 0.577. The third kappa shape index (κ3) is 3.71. The van der Waals surface area contributed by atoms with E-state index in [1.165, 1.54) is 25.7 Å². The largest absolute Gasteiger partial charge is 0.313 e. The van der Waals surface area contributed by atoms with E-state index >= 15 is 0 Å². The third-order valence-electron chi connectivity index (χ3n) is 2.86. The van der Waals surface area contributed by atoms with E-state index in [0.717, 1.165) is 21.9 Å². The Bertz CT molecular complexity index is 321. The maximum absolute atomic E-state index is 4.14. The van der Waals surface area contributed by atoms with Gasteiger partial charge in [0.25, 0.3) is 0 Å². The van der Waals surface area contributed by atoms with Crippen molar-refractivity contribution in [3.05, 3.63) is 5.01 Å². The lowest BCUT2D eigenvalue weighted by atomic mass is 10.2. The summed E-state index contributed by atoms with van der Waals surface area (Å²) in [5, 5.41) is 13.4. The summed E-state index contributed by atoms with van der Waals surface area (Å²) in [6.45, 7) is 5.33. The van der Waals surface area contributed by atoms with Gasteiger partial charge in [-0.1, -0.05) is 42.9 Å². The molecule has 3 nitrogen and oxygen atoms in total. The Hall–Kier alpha value is -0.130. The fourth-order valence-corrected chi connectivity index (χ4v) is 4.08. The van der Waals surface area contributed by atoms with Gasteiger partial charge >= 0.3 is 0 Å². The van der Waals surface area contributed by atoms with Crippen LogP contribution >= 0.6 is 23.1 Å². The first-order chi connectivity index (χ1) is 7.74. The minimum Gasteiger partial charge on any atom is -0.313 e. The van der Waals surface area contributed by atoms with Gasteiger partial charge in [-0.2, -0.15) is 0 Å². The van der Waals surface area contributed by atoms with Crippen LogP contribution < -0.4 is 5.32 Å². The standard InChI is InChI=1S/C11H19N3S2/c1-8(7-12-10-5-3-4-6-10)15-11-14-13-9(2)16-11/h8,10,12H,3-7H2,1-2H3. The highest BCUT2D eigenvalue weighted by molar-refractivity contribution is 8.01. The molecule has 1 N–H and O–H groups in total. The molecule has 1 aromatic heterocycles. The van der Waals surface area contributed by atoms with Crippen LogP contribution in [0.5, 0.6) is 0 Å². The molecule has 1 aliphatic carbocycles. The smallest absolute Gasteiger partial charge is 0.174 e. The lowest BCUT2D eigenvalue weighted by Crippen LogP contribution is -2.31. The molecule has 0 bridgehead atoms. The highest BCUT2D eigenvalue weighted by atomic mass is 32.2. The monoisotopic (exact) mass is 257 g/mol. The first-order valence-electron chi connectivity index (χ1n) is 5.94. The van der Waals surface area contributed by atoms with Crippen LogP contribution in [0.1, 0.15) is 37.6 Å². The van der Waals surface area contributed by atoms with Crippen molar-refractivity contribution in [3.8, 4) is 0 Å². The minimum absolute atomic E-state index is 0.577. The molecule has 1 unspecified atom stereocenters. The Morgan fingerprint density at radius 3 is 2.81 bits per heavy atom. The van der Waals surface area contributed by atoms with Crippen LogP contribution in [-0.2, 0) is 0 Å². The van der Waals surface area contributed by atoms with Crippen molar-refractivity contribution in [3.63, 3.8) is 0 Å². The second-order valence-electron chi connectivity index (χ2n) is 4.41. The van der Waals surface area contributed by atoms with E-state index in [1.54, 1.807) is 11.3 Å². The van der Waals surface area contributed by atoms with Gasteiger partial charge in [0.15, 0.2) is 4.34 Å². The number of hydrogen-bond donors (Lipinski definition) is 1. The summed E-state index contributed by atoms with van der Waals surface area (Å²) >= 11 is 3.52. The van der Waals surface area contributed by atoms with Gasteiger partial charge in [-0.25, -0.2) is 0 Å². The number of hydrogen-bond acceptors (Lipinski definition) is 5. The number of aromatic nitrogens is 2. The fraction of sp³-hybridized carbons (Fsp3) is 0.818. The van der Waals surface area contributed by atoms with Crippen molar-refractivity contribution in [1.29, 1.82) is 0 Å². The van der Waals surface area contributed by atoms with Crippen LogP contribution in [0.15, 0.2) is 4.34 Å². The molecular weight excluding hydrogens is 238 g/mol. The van der Waals surface area contributed by atoms with Crippen molar-refractivity contribution >= 4 is 23.1 Å². The molecular formula is C11H19N3S2. The molecule has 1 aromatic rings. The van der Waals surface area contributed by atoms with Crippen molar-refractivity contribution in [2.45, 2.75) is 55.2 Å². The summed E-state index contributed by atoms with van der Waals surface area (Å²) in [5.41, 5.74) is 0. The van der Waals surface area contributed by atoms with E-state index in [-0.39, 0.29) is 0 Å². The van der Waals surface area contributed by atoms with Gasteiger partial charge in [-0.05, 0) is 19.8 Å². The summed E-state index contributed by atoms with van der Waals surface area (Å²) < 4.78 is 1.10. The molecule has 2 rings (SSSR count). The Kier molecular flexibility index (Phi) is 4.61. The van der Waals surface area contributed by atoms with E-state index in [4.69, 9.17) is 0 Å². The SMILES string of the molecule is Cc1nnc(SC(C)CNC2CCCC2)s1. The molecule has 0 spiro atoms. The Labute approximate surface area is 105 Å². The molecule has 1 saturated carbocycles. The topological polar surface area (TPSA) is 37.8 Å². The van der Waals surface area contributed by atoms with Crippen molar-refractivity contribution in [2.24, 2.45) is 0 Å². The molecule has 1 fully saturated rings. The zero-order chi connectivity index (χ0) is 11.4. The average Bonchev–Trinajstić information content (AvgIpc) is 2.87. The van der Waals surface area contributed by atoms with Crippen molar-refractivity contribution in [2.75, 3.05) is 6.54 Å². The second-order valence-corrected chi connectivity index (χ2v) is 7.27. The molecule has 5 heteroatoms. The number of nitrogens with zero attached hydrogens (tertiary/aromatic N) is 2. The Morgan fingerprint density at radius 1 is 1.44 bits per heavy atom. The average molecular weight is 257 g/mol. The van der Waals surface area contributed by atoms with E-state index in [0.29, 0.717) is 5.25 Å². The maximum atomic E-state index is 4.14. The summed E-state index contributed by atoms with van der Waals surface area (Å²) in [6.07, 6.45) is 5.51. The van der Waals surface area contributed by atoms with Crippen LogP contribution in [0.25, 0.3) is 0 Å². The number of thioether (sulfide) groups is 1. The van der Waals surface area contributed by atoms with E-state index in [2.05, 4.69) is 22.4 Å². The van der Waals surface area contributed by atoms with Crippen LogP contribution in [0.3, 0.4) is 0 Å². The molecule has 0 aliphatic heterocycles. The van der Waals surface area contributed by atoms with E-state index < -0.39 is 0 Å². The molecule has 0 amide bonds. The van der Waals surface area contributed by atoms with Gasteiger partial charge in [0.2, 0.25) is 0 Å². The molecule has 1 atom stereocenters. The predicted molar refractivity (Wildman–Crippen MR) is 70.2 cm³/mol. The lowest BCUT2D eigenvalue weighted by molar-refractivity contribution is 0.527. The van der Waals surface area contributed by atoms with E-state index in [1.807, 2.05) is 18.7 Å². The summed E-state index contributed by atoms with van der Waals surface area (Å²) in [6, 6.07) is 0.763. The molecule has 1 aliphatic rings. The summed E-state index contributed by atoms with van der Waals surface area (Å²) in [4.78, 5) is 0. The third-order valence-corrected chi connectivity index (χ3v) is 4.88. The van der Waals surface area contributed by atoms with Crippen LogP contribution in [0.2, 0.25) is 0 Å². The molecule has 0 saturated heterocycles. The van der Waals surface area contributed by atoms with Gasteiger partial charge < -0.3 is 5.32 Å². The normalized spacial score (nSPS) is 19.1. The maximum Gasteiger partial charge on any atom is 0.174 e. The first-order valence-corrected chi connectivity index (χ1v) is 7.64. The molecule has 0 aromatic carbocycles.